The maximum atomic E-state index is 12.7. The molecule has 1 saturated heterocycles. The molecule has 0 aliphatic carbocycles. The number of likely N-dealkylation sites (tertiary alicyclic amines) is 1. The van der Waals surface area contributed by atoms with Gasteiger partial charge in [-0.05, 0) is 24.6 Å². The van der Waals surface area contributed by atoms with Crippen LogP contribution in [0.25, 0.3) is 0 Å². The van der Waals surface area contributed by atoms with Crippen molar-refractivity contribution in [3.05, 3.63) is 76.9 Å². The highest BCUT2D eigenvalue weighted by atomic mass is 32.2. The first-order valence-electron chi connectivity index (χ1n) is 10.2. The summed E-state index contributed by atoms with van der Waals surface area (Å²) in [5.74, 6) is -1.27. The molecular weight excluding hydrogens is 434 g/mol. The zero-order valence-corrected chi connectivity index (χ0v) is 18.2. The number of quaternary nitrogens is 1. The van der Waals surface area contributed by atoms with Crippen LogP contribution in [0.4, 0.5) is 0 Å². The number of aryl methyl sites for hydroxylation is 1. The van der Waals surface area contributed by atoms with E-state index in [4.69, 9.17) is 4.52 Å². The molecule has 2 aromatic carbocycles. The number of rotatable bonds is 7. The second-order valence-electron chi connectivity index (χ2n) is 8.09. The summed E-state index contributed by atoms with van der Waals surface area (Å²) in [6.45, 7) is 2.84. The Morgan fingerprint density at radius 1 is 1.19 bits per heavy atom. The summed E-state index contributed by atoms with van der Waals surface area (Å²) >= 11 is 0. The van der Waals surface area contributed by atoms with Crippen molar-refractivity contribution in [2.45, 2.75) is 42.7 Å². The molecule has 0 saturated carbocycles. The number of aliphatic hydroxyl groups is 1. The average molecular weight is 458 g/mol. The average Bonchev–Trinajstić information content (AvgIpc) is 3.34. The molecule has 1 aliphatic rings. The Kier molecular flexibility index (Phi) is 6.09. The van der Waals surface area contributed by atoms with Crippen LogP contribution in [0.1, 0.15) is 45.7 Å². The highest BCUT2D eigenvalue weighted by Gasteiger charge is 2.40. The molecule has 2 heterocycles. The predicted molar refractivity (Wildman–Crippen MR) is 110 cm³/mol. The van der Waals surface area contributed by atoms with Crippen LogP contribution >= 0.6 is 0 Å². The van der Waals surface area contributed by atoms with E-state index in [9.17, 15) is 23.4 Å². The lowest BCUT2D eigenvalue weighted by atomic mass is 10.1. The molecule has 4 rings (SSSR count). The van der Waals surface area contributed by atoms with E-state index in [-0.39, 0.29) is 34.0 Å². The first kappa shape index (κ1) is 22.1. The van der Waals surface area contributed by atoms with Crippen LogP contribution < -0.4 is 10.0 Å². The first-order valence-corrected chi connectivity index (χ1v) is 11.8. The van der Waals surface area contributed by atoms with Crippen molar-refractivity contribution in [3.63, 3.8) is 0 Å². The molecule has 9 nitrogen and oxygen atoms in total. The number of carboxylic acid groups (broad SMARTS) is 1. The van der Waals surface area contributed by atoms with Gasteiger partial charge in [0.25, 0.3) is 5.89 Å². The number of carboxylic acids is 1. The Hall–Kier alpha value is -3.08. The smallest absolute Gasteiger partial charge is 0.285 e. The van der Waals surface area contributed by atoms with E-state index in [0.29, 0.717) is 19.5 Å². The summed E-state index contributed by atoms with van der Waals surface area (Å²) in [6.07, 6.45) is -0.164. The zero-order chi connectivity index (χ0) is 22.9. The van der Waals surface area contributed by atoms with Gasteiger partial charge in [0, 0.05) is 12.0 Å². The maximum Gasteiger partial charge on any atom is 0.285 e. The highest BCUT2D eigenvalue weighted by Crippen LogP contribution is 2.21. The first-order chi connectivity index (χ1) is 15.2. The Morgan fingerprint density at radius 3 is 2.53 bits per heavy atom. The number of aliphatic hydroxyl groups excluding tert-OH is 1. The maximum absolute atomic E-state index is 12.7. The van der Waals surface area contributed by atoms with Crippen molar-refractivity contribution in [3.8, 4) is 0 Å². The van der Waals surface area contributed by atoms with E-state index < -0.39 is 21.9 Å². The summed E-state index contributed by atoms with van der Waals surface area (Å²) in [4.78, 5) is 16.4. The number of hydrogen-bond donors (Lipinski definition) is 2. The molecular formula is C22H23N3O6S. The molecule has 1 unspecified atom stereocenters. The van der Waals surface area contributed by atoms with Crippen molar-refractivity contribution >= 4 is 15.8 Å². The van der Waals surface area contributed by atoms with Crippen molar-refractivity contribution in [1.29, 1.82) is 0 Å². The molecule has 0 bridgehead atoms. The van der Waals surface area contributed by atoms with E-state index in [1.165, 1.54) is 12.1 Å². The summed E-state index contributed by atoms with van der Waals surface area (Å²) < 4.78 is 30.7. The number of carbonyl (C=O) groups excluding carboxylic acids is 1. The quantitative estimate of drug-likeness (QED) is 0.489. The van der Waals surface area contributed by atoms with Gasteiger partial charge in [-0.3, -0.25) is 0 Å². The van der Waals surface area contributed by atoms with Gasteiger partial charge in [0.2, 0.25) is 0 Å². The van der Waals surface area contributed by atoms with Crippen molar-refractivity contribution in [2.24, 2.45) is 0 Å². The predicted octanol–water partition coefficient (Wildman–Crippen LogP) is -0.394. The summed E-state index contributed by atoms with van der Waals surface area (Å²) in [5, 5.41) is 25.0. The largest absolute Gasteiger partial charge is 0.545 e. The Morgan fingerprint density at radius 2 is 1.88 bits per heavy atom. The van der Waals surface area contributed by atoms with Gasteiger partial charge < -0.3 is 24.4 Å². The van der Waals surface area contributed by atoms with Gasteiger partial charge in [0.1, 0.15) is 24.9 Å². The minimum absolute atomic E-state index is 0.0691. The second-order valence-corrected chi connectivity index (χ2v) is 10.1. The van der Waals surface area contributed by atoms with Crippen molar-refractivity contribution < 1.29 is 32.8 Å². The highest BCUT2D eigenvalue weighted by molar-refractivity contribution is 7.90. The van der Waals surface area contributed by atoms with Crippen LogP contribution in [-0.4, -0.2) is 42.3 Å². The lowest BCUT2D eigenvalue weighted by Crippen LogP contribution is -3.09. The molecule has 168 valence electrons. The van der Waals surface area contributed by atoms with Crippen LogP contribution in [0.2, 0.25) is 0 Å². The molecule has 0 spiro atoms. The topological polar surface area (TPSA) is 138 Å². The van der Waals surface area contributed by atoms with Crippen LogP contribution in [0.5, 0.6) is 0 Å². The number of benzene rings is 2. The molecule has 32 heavy (non-hydrogen) atoms. The fourth-order valence-corrected chi connectivity index (χ4v) is 5.10. The number of aromatic carboxylic acids is 1. The molecule has 1 aromatic heterocycles. The Bertz CT molecular complexity index is 1210. The van der Waals surface area contributed by atoms with Gasteiger partial charge in [-0.2, -0.15) is 4.98 Å². The lowest BCUT2D eigenvalue weighted by molar-refractivity contribution is -0.934. The fourth-order valence-electron chi connectivity index (χ4n) is 3.93. The van der Waals surface area contributed by atoms with E-state index in [1.54, 1.807) is 36.4 Å². The van der Waals surface area contributed by atoms with E-state index in [0.717, 1.165) is 16.0 Å². The van der Waals surface area contributed by atoms with Gasteiger partial charge in [0.15, 0.2) is 21.7 Å². The van der Waals surface area contributed by atoms with Crippen LogP contribution in [-0.2, 0) is 22.1 Å². The molecule has 0 amide bonds. The molecule has 0 radical (unpaired) electrons. The fraction of sp³-hybridized carbons (Fsp3) is 0.318. The monoisotopic (exact) mass is 457 g/mol. The third kappa shape index (κ3) is 4.87. The van der Waals surface area contributed by atoms with Crippen molar-refractivity contribution in [1.82, 2.24) is 10.1 Å². The summed E-state index contributed by atoms with van der Waals surface area (Å²) in [5.41, 5.74) is 1.94. The van der Waals surface area contributed by atoms with E-state index >= 15 is 0 Å². The van der Waals surface area contributed by atoms with Crippen molar-refractivity contribution in [2.75, 3.05) is 6.54 Å². The molecule has 1 aliphatic heterocycles. The van der Waals surface area contributed by atoms with Gasteiger partial charge >= 0.3 is 0 Å². The zero-order valence-electron chi connectivity index (χ0n) is 17.4. The van der Waals surface area contributed by atoms with Gasteiger partial charge in [0.05, 0.1) is 10.9 Å². The summed E-state index contributed by atoms with van der Waals surface area (Å²) in [6, 6.07) is 12.6. The number of nitrogens with one attached hydrogen (secondary N) is 1. The van der Waals surface area contributed by atoms with Crippen LogP contribution in [0.15, 0.2) is 57.9 Å². The summed E-state index contributed by atoms with van der Waals surface area (Å²) in [7, 11) is -3.62. The van der Waals surface area contributed by atoms with E-state index in [2.05, 4.69) is 10.1 Å². The molecule has 2 N–H and O–H groups in total. The number of hydrogen-bond acceptors (Lipinski definition) is 8. The molecule has 3 aromatic rings. The lowest BCUT2D eigenvalue weighted by Gasteiger charge is -2.18. The minimum Gasteiger partial charge on any atom is -0.545 e. The normalized spacial score (nSPS) is 21.0. The third-order valence-electron chi connectivity index (χ3n) is 5.60. The van der Waals surface area contributed by atoms with Crippen LogP contribution in [0.3, 0.4) is 0 Å². The minimum atomic E-state index is -3.62. The number of sulfone groups is 1. The third-order valence-corrected chi connectivity index (χ3v) is 7.23. The Labute approximate surface area is 185 Å². The molecule has 1 fully saturated rings. The number of carbonyl (C=O) groups is 1. The van der Waals surface area contributed by atoms with Crippen LogP contribution in [0, 0.1) is 6.92 Å². The number of aromatic nitrogens is 2. The van der Waals surface area contributed by atoms with Gasteiger partial charge in [-0.25, -0.2) is 8.42 Å². The SMILES string of the molecule is Cc1ccc(S(=O)(=O)Cc2noc([C@@H]3C[C@@H](O)C[NH+]3Cc3ccc(C(=O)[O-])cc3)n2)cc1. The molecule has 10 heteroatoms. The van der Waals surface area contributed by atoms with Gasteiger partial charge in [-0.15, -0.1) is 0 Å². The molecule has 3 atom stereocenters. The second kappa shape index (κ2) is 8.81. The van der Waals surface area contributed by atoms with E-state index in [1.807, 2.05) is 6.92 Å². The van der Waals surface area contributed by atoms with Gasteiger partial charge in [-0.1, -0.05) is 47.1 Å². The number of nitrogens with zero attached hydrogens (tertiary/aromatic N) is 2. The standard InChI is InChI=1S/C22H23N3O6S/c1-14-2-8-18(9-3-14)32(29,30)13-20-23-21(31-24-20)19-10-17(26)12-25(19)11-15-4-6-16(7-5-15)22(27)28/h2-9,17,19,26H,10-13H2,1H3,(H,27,28)/t17-,19+/m1/s1. The Balaban J connectivity index is 1.49.